The van der Waals surface area contributed by atoms with E-state index in [1.165, 1.54) is 11.8 Å². The van der Waals surface area contributed by atoms with Crippen LogP contribution in [0.15, 0.2) is 76.3 Å². The van der Waals surface area contributed by atoms with Crippen molar-refractivity contribution in [2.24, 2.45) is 5.10 Å². The van der Waals surface area contributed by atoms with Crippen LogP contribution in [0, 0.1) is 6.92 Å². The highest BCUT2D eigenvalue weighted by molar-refractivity contribution is 9.10. The average Bonchev–Trinajstić information content (AvgIpc) is 2.88. The van der Waals surface area contributed by atoms with Gasteiger partial charge in [-0.25, -0.2) is 5.43 Å². The third-order valence-corrected chi connectivity index (χ3v) is 5.91. The Balaban J connectivity index is 1.49. The van der Waals surface area contributed by atoms with Gasteiger partial charge in [-0.05, 0) is 59.9 Å². The molecule has 0 fully saturated rings. The summed E-state index contributed by atoms with van der Waals surface area (Å²) in [6.45, 7) is 6.12. The lowest BCUT2D eigenvalue weighted by Crippen LogP contribution is -2.37. The molecule has 0 aliphatic heterocycles. The van der Waals surface area contributed by atoms with Gasteiger partial charge in [-0.15, -0.1) is 0 Å². The average molecular weight is 565 g/mol. The number of hydrogen-bond donors (Lipinski definition) is 3. The molecule has 3 rings (SSSR count). The number of para-hydroxylation sites is 1. The number of benzene rings is 3. The molecule has 3 aromatic rings. The van der Waals surface area contributed by atoms with Crippen LogP contribution in [-0.2, 0) is 20.9 Å². The zero-order chi connectivity index (χ0) is 26.8. The Kier molecular flexibility index (Phi) is 9.97. The molecule has 0 radical (unpaired) electrons. The SMILES string of the molecule is Cc1cc(Br)ccc1NC(=O)COc1ccccc1/C=N\NC(=O)C(=O)NCc1ccc(C(C)C)cc1. The Morgan fingerprint density at radius 3 is 2.43 bits per heavy atom. The van der Waals surface area contributed by atoms with Crippen LogP contribution in [0.5, 0.6) is 5.75 Å². The predicted octanol–water partition coefficient (Wildman–Crippen LogP) is 4.66. The Labute approximate surface area is 224 Å². The number of carbonyl (C=O) groups excluding carboxylic acids is 3. The molecule has 0 aliphatic carbocycles. The van der Waals surface area contributed by atoms with Gasteiger partial charge in [0.05, 0.1) is 6.21 Å². The maximum atomic E-state index is 12.3. The molecule has 0 heterocycles. The maximum Gasteiger partial charge on any atom is 0.329 e. The van der Waals surface area contributed by atoms with Crippen molar-refractivity contribution in [2.45, 2.75) is 33.2 Å². The van der Waals surface area contributed by atoms with Gasteiger partial charge in [0.1, 0.15) is 5.75 Å². The van der Waals surface area contributed by atoms with E-state index in [2.05, 4.69) is 50.9 Å². The number of hydrogen-bond acceptors (Lipinski definition) is 5. The lowest BCUT2D eigenvalue weighted by molar-refractivity contribution is -0.139. The first-order valence-electron chi connectivity index (χ1n) is 11.7. The van der Waals surface area contributed by atoms with E-state index < -0.39 is 11.8 Å². The minimum atomic E-state index is -0.891. The number of ether oxygens (including phenoxy) is 1. The predicted molar refractivity (Wildman–Crippen MR) is 148 cm³/mol. The van der Waals surface area contributed by atoms with Crippen LogP contribution in [0.25, 0.3) is 0 Å². The highest BCUT2D eigenvalue weighted by Crippen LogP contribution is 2.20. The van der Waals surface area contributed by atoms with Gasteiger partial charge in [-0.1, -0.05) is 66.2 Å². The summed E-state index contributed by atoms with van der Waals surface area (Å²) < 4.78 is 6.57. The van der Waals surface area contributed by atoms with E-state index in [0.29, 0.717) is 22.9 Å². The van der Waals surface area contributed by atoms with Gasteiger partial charge < -0.3 is 15.4 Å². The molecule has 0 unspecified atom stereocenters. The molecule has 192 valence electrons. The lowest BCUT2D eigenvalue weighted by Gasteiger charge is -2.11. The smallest absolute Gasteiger partial charge is 0.329 e. The molecular weight excluding hydrogens is 536 g/mol. The quantitative estimate of drug-likeness (QED) is 0.199. The summed E-state index contributed by atoms with van der Waals surface area (Å²) in [6.07, 6.45) is 1.35. The fourth-order valence-electron chi connectivity index (χ4n) is 3.31. The summed E-state index contributed by atoms with van der Waals surface area (Å²) in [6, 6.07) is 20.3. The number of halogens is 1. The second-order valence-corrected chi connectivity index (χ2v) is 9.53. The van der Waals surface area contributed by atoms with Gasteiger partial charge >= 0.3 is 11.8 Å². The van der Waals surface area contributed by atoms with Crippen LogP contribution in [-0.4, -0.2) is 30.5 Å². The van der Waals surface area contributed by atoms with Crippen molar-refractivity contribution in [3.05, 3.63) is 93.5 Å². The fraction of sp³-hybridized carbons (Fsp3) is 0.214. The first kappa shape index (κ1) is 27.6. The molecule has 0 aromatic heterocycles. The molecule has 0 atom stereocenters. The van der Waals surface area contributed by atoms with E-state index in [-0.39, 0.29) is 19.1 Å². The van der Waals surface area contributed by atoms with Crippen LogP contribution >= 0.6 is 15.9 Å². The second kappa shape index (κ2) is 13.4. The fourth-order valence-corrected chi connectivity index (χ4v) is 3.79. The van der Waals surface area contributed by atoms with Crippen LogP contribution in [0.3, 0.4) is 0 Å². The highest BCUT2D eigenvalue weighted by Gasteiger charge is 2.13. The number of amides is 3. The number of nitrogens with zero attached hydrogens (tertiary/aromatic N) is 1. The number of carbonyl (C=O) groups is 3. The minimum absolute atomic E-state index is 0.215. The Morgan fingerprint density at radius 1 is 1.00 bits per heavy atom. The molecule has 0 spiro atoms. The van der Waals surface area contributed by atoms with Gasteiger partial charge in [-0.2, -0.15) is 5.10 Å². The molecule has 8 nitrogen and oxygen atoms in total. The standard InChI is InChI=1S/C28H29BrN4O4/c1-18(2)21-10-8-20(9-11-21)15-30-27(35)28(36)33-31-16-22-6-4-5-7-25(22)37-17-26(34)32-24-13-12-23(29)14-19(24)3/h4-14,16,18H,15,17H2,1-3H3,(H,30,35)(H,32,34)(H,33,36)/b31-16-. The van der Waals surface area contributed by atoms with E-state index in [1.54, 1.807) is 30.3 Å². The first-order valence-corrected chi connectivity index (χ1v) is 12.5. The number of nitrogens with one attached hydrogen (secondary N) is 3. The van der Waals surface area contributed by atoms with Crippen molar-refractivity contribution < 1.29 is 19.1 Å². The monoisotopic (exact) mass is 564 g/mol. The van der Waals surface area contributed by atoms with E-state index in [4.69, 9.17) is 4.74 Å². The molecule has 0 saturated carbocycles. The van der Waals surface area contributed by atoms with Crippen molar-refractivity contribution in [2.75, 3.05) is 11.9 Å². The number of aryl methyl sites for hydroxylation is 1. The largest absolute Gasteiger partial charge is 0.483 e. The van der Waals surface area contributed by atoms with Crippen molar-refractivity contribution in [1.82, 2.24) is 10.7 Å². The molecule has 0 saturated heterocycles. The van der Waals surface area contributed by atoms with Crippen LogP contribution < -0.4 is 20.8 Å². The van der Waals surface area contributed by atoms with E-state index in [1.807, 2.05) is 43.3 Å². The normalized spacial score (nSPS) is 10.8. The van der Waals surface area contributed by atoms with Crippen LogP contribution in [0.2, 0.25) is 0 Å². The topological polar surface area (TPSA) is 109 Å². The third-order valence-electron chi connectivity index (χ3n) is 5.42. The number of hydrazone groups is 1. The Hall–Kier alpha value is -3.98. The van der Waals surface area contributed by atoms with Crippen LogP contribution in [0.4, 0.5) is 5.69 Å². The third kappa shape index (κ3) is 8.57. The van der Waals surface area contributed by atoms with Gasteiger partial charge in [0.15, 0.2) is 6.61 Å². The van der Waals surface area contributed by atoms with Gasteiger partial charge in [-0.3, -0.25) is 14.4 Å². The lowest BCUT2D eigenvalue weighted by atomic mass is 10.0. The maximum absolute atomic E-state index is 12.3. The van der Waals surface area contributed by atoms with Crippen molar-refractivity contribution >= 4 is 45.6 Å². The summed E-state index contributed by atoms with van der Waals surface area (Å²) in [4.78, 5) is 36.5. The Bertz CT molecular complexity index is 1290. The summed E-state index contributed by atoms with van der Waals surface area (Å²) in [5.41, 5.74) is 6.43. The molecule has 37 heavy (non-hydrogen) atoms. The van der Waals surface area contributed by atoms with Crippen molar-refractivity contribution in [1.29, 1.82) is 0 Å². The van der Waals surface area contributed by atoms with Gasteiger partial charge in [0.2, 0.25) is 0 Å². The minimum Gasteiger partial charge on any atom is -0.483 e. The zero-order valence-electron chi connectivity index (χ0n) is 20.9. The molecule has 0 aliphatic rings. The molecule has 0 bridgehead atoms. The van der Waals surface area contributed by atoms with E-state index in [0.717, 1.165) is 15.6 Å². The summed E-state index contributed by atoms with van der Waals surface area (Å²) in [5, 5.41) is 9.23. The van der Waals surface area contributed by atoms with E-state index >= 15 is 0 Å². The number of rotatable bonds is 9. The summed E-state index contributed by atoms with van der Waals surface area (Å²) >= 11 is 3.39. The van der Waals surface area contributed by atoms with Crippen molar-refractivity contribution in [3.63, 3.8) is 0 Å². The summed E-state index contributed by atoms with van der Waals surface area (Å²) in [7, 11) is 0. The zero-order valence-corrected chi connectivity index (χ0v) is 22.5. The van der Waals surface area contributed by atoms with Gasteiger partial charge in [0.25, 0.3) is 5.91 Å². The van der Waals surface area contributed by atoms with E-state index in [9.17, 15) is 14.4 Å². The van der Waals surface area contributed by atoms with Crippen molar-refractivity contribution in [3.8, 4) is 5.75 Å². The molecule has 3 aromatic carbocycles. The number of anilines is 1. The Morgan fingerprint density at radius 2 is 1.73 bits per heavy atom. The first-order chi connectivity index (χ1) is 17.7. The molecule has 3 amide bonds. The summed E-state index contributed by atoms with van der Waals surface area (Å²) in [5.74, 6) is -1.19. The molecule has 3 N–H and O–H groups in total. The van der Waals surface area contributed by atoms with Gasteiger partial charge in [0, 0.05) is 22.3 Å². The molecular formula is C28H29BrN4O4. The molecule has 9 heteroatoms. The highest BCUT2D eigenvalue weighted by atomic mass is 79.9. The second-order valence-electron chi connectivity index (χ2n) is 8.61. The van der Waals surface area contributed by atoms with Crippen LogP contribution in [0.1, 0.15) is 42.0 Å².